The van der Waals surface area contributed by atoms with Crippen molar-refractivity contribution in [2.75, 3.05) is 0 Å². The van der Waals surface area contributed by atoms with Crippen LogP contribution in [0.1, 0.15) is 82.1 Å². The number of hydrogen-bond acceptors (Lipinski definition) is 4. The smallest absolute Gasteiger partial charge is 0.303 e. The molecule has 0 bridgehead atoms. The first-order valence-electron chi connectivity index (χ1n) is 10.5. The first kappa shape index (κ1) is 22.3. The maximum atomic E-state index is 10.6. The Morgan fingerprint density at radius 2 is 1.71 bits per heavy atom. The molecule has 0 saturated carbocycles. The fourth-order valence-electron chi connectivity index (χ4n) is 3.42. The summed E-state index contributed by atoms with van der Waals surface area (Å²) in [5, 5.41) is 30.2. The van der Waals surface area contributed by atoms with Crippen LogP contribution in [0.15, 0.2) is 30.3 Å². The van der Waals surface area contributed by atoms with Gasteiger partial charge in [-0.05, 0) is 30.5 Å². The number of aliphatic hydroxyl groups is 2. The second-order valence-corrected chi connectivity index (χ2v) is 7.62. The quantitative estimate of drug-likeness (QED) is 0.430. The lowest BCUT2D eigenvalue weighted by Crippen LogP contribution is -2.13. The van der Waals surface area contributed by atoms with Crippen molar-refractivity contribution in [3.63, 3.8) is 0 Å². The highest BCUT2D eigenvalue weighted by Crippen LogP contribution is 2.24. The third-order valence-corrected chi connectivity index (χ3v) is 5.13. The first-order chi connectivity index (χ1) is 13.5. The van der Waals surface area contributed by atoms with Crippen molar-refractivity contribution in [1.29, 1.82) is 0 Å². The van der Waals surface area contributed by atoms with E-state index in [-0.39, 0.29) is 12.8 Å². The molecule has 2 rings (SSSR count). The summed E-state index contributed by atoms with van der Waals surface area (Å²) in [7, 11) is 0. The predicted octanol–water partition coefficient (Wildman–Crippen LogP) is 4.79. The van der Waals surface area contributed by atoms with Crippen molar-refractivity contribution < 1.29 is 20.1 Å². The highest BCUT2D eigenvalue weighted by molar-refractivity contribution is 5.79. The second kappa shape index (κ2) is 11.8. The molecule has 154 valence electrons. The van der Waals surface area contributed by atoms with Gasteiger partial charge in [0.15, 0.2) is 0 Å². The van der Waals surface area contributed by atoms with E-state index >= 15 is 0 Å². The topological polar surface area (TPSA) is 90.7 Å². The molecule has 0 aliphatic rings. The molecule has 0 fully saturated rings. The summed E-state index contributed by atoms with van der Waals surface area (Å²) in [6.07, 6.45) is 7.24. The van der Waals surface area contributed by atoms with Crippen molar-refractivity contribution in [2.24, 2.45) is 0 Å². The van der Waals surface area contributed by atoms with Crippen molar-refractivity contribution in [1.82, 2.24) is 4.98 Å². The Labute approximate surface area is 167 Å². The van der Waals surface area contributed by atoms with Gasteiger partial charge in [-0.15, -0.1) is 0 Å². The number of pyridine rings is 1. The van der Waals surface area contributed by atoms with Crippen molar-refractivity contribution in [3.8, 4) is 0 Å². The lowest BCUT2D eigenvalue weighted by Gasteiger charge is -2.13. The van der Waals surface area contributed by atoms with Gasteiger partial charge in [-0.3, -0.25) is 9.78 Å². The van der Waals surface area contributed by atoms with Gasteiger partial charge in [0.25, 0.3) is 0 Å². The molecule has 2 atom stereocenters. The Hall–Kier alpha value is -1.98. The Balaban J connectivity index is 1.94. The number of aliphatic hydroxyl groups excluding tert-OH is 2. The Bertz CT molecular complexity index is 746. The zero-order chi connectivity index (χ0) is 20.4. The van der Waals surface area contributed by atoms with Gasteiger partial charge in [0.05, 0.1) is 17.7 Å². The van der Waals surface area contributed by atoms with Gasteiger partial charge >= 0.3 is 5.97 Å². The maximum Gasteiger partial charge on any atom is 0.303 e. The number of unbranched alkanes of at least 4 members (excludes halogenated alkanes) is 5. The van der Waals surface area contributed by atoms with Gasteiger partial charge < -0.3 is 15.3 Å². The van der Waals surface area contributed by atoms with Crippen LogP contribution < -0.4 is 0 Å². The van der Waals surface area contributed by atoms with E-state index in [1.54, 1.807) is 0 Å². The van der Waals surface area contributed by atoms with Crippen LogP contribution in [0.3, 0.4) is 0 Å². The molecule has 0 radical (unpaired) electrons. The Morgan fingerprint density at radius 3 is 2.46 bits per heavy atom. The van der Waals surface area contributed by atoms with E-state index in [0.717, 1.165) is 41.4 Å². The van der Waals surface area contributed by atoms with Gasteiger partial charge in [0.2, 0.25) is 0 Å². The molecule has 3 N–H and O–H groups in total. The lowest BCUT2D eigenvalue weighted by atomic mass is 10.0. The molecule has 2 unspecified atom stereocenters. The number of aromatic nitrogens is 1. The number of rotatable bonds is 13. The first-order valence-corrected chi connectivity index (χ1v) is 10.5. The van der Waals surface area contributed by atoms with E-state index < -0.39 is 18.2 Å². The molecule has 28 heavy (non-hydrogen) atoms. The second-order valence-electron chi connectivity index (χ2n) is 7.62. The van der Waals surface area contributed by atoms with Crippen molar-refractivity contribution in [2.45, 2.75) is 83.3 Å². The number of carboxylic acid groups (broad SMARTS) is 1. The monoisotopic (exact) mass is 387 g/mol. The van der Waals surface area contributed by atoms with Crippen molar-refractivity contribution >= 4 is 16.9 Å². The lowest BCUT2D eigenvalue weighted by molar-refractivity contribution is -0.137. The number of aliphatic carboxylic acids is 1. The fourth-order valence-corrected chi connectivity index (χ4v) is 3.42. The predicted molar refractivity (Wildman–Crippen MR) is 111 cm³/mol. The minimum atomic E-state index is -0.908. The number of nitrogens with zero attached hydrogens (tertiary/aromatic N) is 1. The van der Waals surface area contributed by atoms with Crippen LogP contribution in [0.5, 0.6) is 0 Å². The highest BCUT2D eigenvalue weighted by Gasteiger charge is 2.12. The summed E-state index contributed by atoms with van der Waals surface area (Å²) in [6.45, 7) is 2.21. The molecular formula is C23H33NO4. The molecular weight excluding hydrogens is 354 g/mol. The van der Waals surface area contributed by atoms with E-state index in [0.29, 0.717) is 6.42 Å². The standard InChI is InChI=1S/C23H33NO4/c1-2-3-4-5-6-7-8-22(26)18-10-9-17-11-12-19(24-21(17)15-18)16-20(25)13-14-23(27)28/h9-12,15,20,22,25-26H,2-8,13-14,16H2,1H3,(H,27,28). The van der Waals surface area contributed by atoms with Crippen molar-refractivity contribution in [3.05, 3.63) is 41.6 Å². The molecule has 1 aromatic carbocycles. The maximum absolute atomic E-state index is 10.6. The van der Waals surface area contributed by atoms with Gasteiger partial charge in [0.1, 0.15) is 0 Å². The van der Waals surface area contributed by atoms with Gasteiger partial charge in [0, 0.05) is 23.9 Å². The normalized spacial score (nSPS) is 13.5. The van der Waals surface area contributed by atoms with Gasteiger partial charge in [-0.2, -0.15) is 0 Å². The minimum absolute atomic E-state index is 0.0521. The number of fused-ring (bicyclic) bond motifs is 1. The van der Waals surface area contributed by atoms with Gasteiger partial charge in [-0.1, -0.05) is 63.6 Å². The third-order valence-electron chi connectivity index (χ3n) is 5.13. The minimum Gasteiger partial charge on any atom is -0.481 e. The highest BCUT2D eigenvalue weighted by atomic mass is 16.4. The fraction of sp³-hybridized carbons (Fsp3) is 0.565. The largest absolute Gasteiger partial charge is 0.481 e. The average molecular weight is 388 g/mol. The Morgan fingerprint density at radius 1 is 1.00 bits per heavy atom. The average Bonchev–Trinajstić information content (AvgIpc) is 2.68. The summed E-state index contributed by atoms with van der Waals surface area (Å²) >= 11 is 0. The zero-order valence-corrected chi connectivity index (χ0v) is 16.8. The van der Waals surface area contributed by atoms with Gasteiger partial charge in [-0.25, -0.2) is 0 Å². The van der Waals surface area contributed by atoms with Crippen LogP contribution >= 0.6 is 0 Å². The number of benzene rings is 1. The molecule has 2 aromatic rings. The van der Waals surface area contributed by atoms with E-state index in [9.17, 15) is 15.0 Å². The van der Waals surface area contributed by atoms with E-state index in [1.165, 1.54) is 25.7 Å². The molecule has 5 nitrogen and oxygen atoms in total. The molecule has 0 aliphatic carbocycles. The molecule has 1 aromatic heterocycles. The van der Waals surface area contributed by atoms with Crippen LogP contribution in [0.25, 0.3) is 10.9 Å². The summed E-state index contributed by atoms with van der Waals surface area (Å²) in [6, 6.07) is 9.65. The summed E-state index contributed by atoms with van der Waals surface area (Å²) in [5.74, 6) is -0.908. The van der Waals surface area contributed by atoms with Crippen LogP contribution in [0.4, 0.5) is 0 Å². The molecule has 0 spiro atoms. The third kappa shape index (κ3) is 7.56. The van der Waals surface area contributed by atoms with E-state index in [2.05, 4.69) is 11.9 Å². The van der Waals surface area contributed by atoms with Crippen LogP contribution in [0.2, 0.25) is 0 Å². The molecule has 5 heteroatoms. The molecule has 0 saturated heterocycles. The summed E-state index contributed by atoms with van der Waals surface area (Å²) in [4.78, 5) is 15.2. The molecule has 0 aliphatic heterocycles. The Kier molecular flexibility index (Phi) is 9.38. The number of carbonyl (C=O) groups is 1. The zero-order valence-electron chi connectivity index (χ0n) is 16.8. The molecule has 1 heterocycles. The van der Waals surface area contributed by atoms with E-state index in [4.69, 9.17) is 5.11 Å². The van der Waals surface area contributed by atoms with Crippen LogP contribution in [0, 0.1) is 0 Å². The summed E-state index contributed by atoms with van der Waals surface area (Å²) < 4.78 is 0. The molecule has 0 amide bonds. The van der Waals surface area contributed by atoms with Crippen LogP contribution in [-0.4, -0.2) is 32.4 Å². The SMILES string of the molecule is CCCCCCCCC(O)c1ccc2ccc(CC(O)CCC(=O)O)nc2c1. The van der Waals surface area contributed by atoms with Crippen LogP contribution in [-0.2, 0) is 11.2 Å². The number of hydrogen-bond donors (Lipinski definition) is 3. The number of carboxylic acids is 1. The van der Waals surface area contributed by atoms with E-state index in [1.807, 2.05) is 30.3 Å². The summed E-state index contributed by atoms with van der Waals surface area (Å²) in [5.41, 5.74) is 2.40.